The molecule has 1 aliphatic heterocycles. The summed E-state index contributed by atoms with van der Waals surface area (Å²) in [5.41, 5.74) is 1.41. The molecule has 0 N–H and O–H groups in total. The Labute approximate surface area is 164 Å². The Hall–Kier alpha value is -2.34. The van der Waals surface area contributed by atoms with Crippen molar-refractivity contribution >= 4 is 23.5 Å². The molecule has 0 bridgehead atoms. The molecule has 7 heteroatoms. The lowest BCUT2D eigenvalue weighted by molar-refractivity contribution is -0.134. The summed E-state index contributed by atoms with van der Waals surface area (Å²) in [6.45, 7) is 2.87. The van der Waals surface area contributed by atoms with Crippen molar-refractivity contribution in [2.75, 3.05) is 19.7 Å². The number of ether oxygens (including phenoxy) is 1. The molecule has 0 aliphatic carbocycles. The van der Waals surface area contributed by atoms with E-state index in [2.05, 4.69) is 5.10 Å². The predicted octanol–water partition coefficient (Wildman–Crippen LogP) is 3.78. The molecule has 0 radical (unpaired) electrons. The number of nitrogens with zero attached hydrogens (tertiary/aromatic N) is 3. The van der Waals surface area contributed by atoms with Crippen LogP contribution in [0.25, 0.3) is 5.69 Å². The molecule has 2 heterocycles. The number of para-hydroxylation sites is 1. The van der Waals surface area contributed by atoms with E-state index in [1.807, 2.05) is 30.3 Å². The zero-order chi connectivity index (χ0) is 19.2. The second-order valence-corrected chi connectivity index (χ2v) is 7.08. The second-order valence-electron chi connectivity index (χ2n) is 6.72. The average molecular weight is 390 g/mol. The second kappa shape index (κ2) is 9.04. The number of benzene rings is 1. The van der Waals surface area contributed by atoms with E-state index in [0.717, 1.165) is 44.5 Å². The molecule has 1 aromatic carbocycles. The van der Waals surface area contributed by atoms with Crippen LogP contribution in [0.3, 0.4) is 0 Å². The first kappa shape index (κ1) is 19.4. The van der Waals surface area contributed by atoms with Gasteiger partial charge in [0.15, 0.2) is 6.61 Å². The van der Waals surface area contributed by atoms with Crippen LogP contribution in [0.5, 0.6) is 0 Å². The highest BCUT2D eigenvalue weighted by Gasteiger charge is 2.24. The first-order valence-corrected chi connectivity index (χ1v) is 9.71. The van der Waals surface area contributed by atoms with Gasteiger partial charge in [0.05, 0.1) is 11.4 Å². The van der Waals surface area contributed by atoms with Gasteiger partial charge in [-0.3, -0.25) is 4.79 Å². The molecule has 1 fully saturated rings. The van der Waals surface area contributed by atoms with Crippen molar-refractivity contribution in [1.82, 2.24) is 14.7 Å². The maximum Gasteiger partial charge on any atom is 0.343 e. The van der Waals surface area contributed by atoms with Crippen LogP contribution in [-0.2, 0) is 9.53 Å². The molecule has 27 heavy (non-hydrogen) atoms. The molecule has 1 amide bonds. The smallest absolute Gasteiger partial charge is 0.343 e. The van der Waals surface area contributed by atoms with Crippen LogP contribution in [0.4, 0.5) is 0 Å². The largest absolute Gasteiger partial charge is 0.452 e. The highest BCUT2D eigenvalue weighted by molar-refractivity contribution is 6.33. The van der Waals surface area contributed by atoms with Crippen molar-refractivity contribution in [3.8, 4) is 5.69 Å². The van der Waals surface area contributed by atoms with Crippen LogP contribution >= 0.6 is 11.6 Å². The molecule has 1 aliphatic rings. The molecule has 3 rings (SSSR count). The highest BCUT2D eigenvalue weighted by Crippen LogP contribution is 2.24. The molecular weight excluding hydrogens is 366 g/mol. The summed E-state index contributed by atoms with van der Waals surface area (Å²) >= 11 is 6.37. The third-order valence-corrected chi connectivity index (χ3v) is 5.09. The first-order chi connectivity index (χ1) is 13.1. The summed E-state index contributed by atoms with van der Waals surface area (Å²) in [7, 11) is 0. The van der Waals surface area contributed by atoms with Crippen molar-refractivity contribution in [3.63, 3.8) is 0 Å². The lowest BCUT2D eigenvalue weighted by Gasteiger charge is -2.24. The van der Waals surface area contributed by atoms with Crippen molar-refractivity contribution in [3.05, 3.63) is 46.7 Å². The zero-order valence-corrected chi connectivity index (χ0v) is 16.2. The van der Waals surface area contributed by atoms with Gasteiger partial charge in [0, 0.05) is 13.1 Å². The van der Waals surface area contributed by atoms with Crippen molar-refractivity contribution in [2.45, 2.75) is 39.0 Å². The summed E-state index contributed by atoms with van der Waals surface area (Å²) < 4.78 is 6.75. The molecule has 0 unspecified atom stereocenters. The fourth-order valence-electron chi connectivity index (χ4n) is 3.26. The van der Waals surface area contributed by atoms with Gasteiger partial charge in [0.1, 0.15) is 10.7 Å². The molecule has 1 saturated heterocycles. The topological polar surface area (TPSA) is 64.4 Å². The van der Waals surface area contributed by atoms with Crippen molar-refractivity contribution in [1.29, 1.82) is 0 Å². The number of carbonyl (C=O) groups is 2. The number of hydrogen-bond acceptors (Lipinski definition) is 4. The minimum absolute atomic E-state index is 0.158. The molecule has 1 aromatic heterocycles. The van der Waals surface area contributed by atoms with Gasteiger partial charge >= 0.3 is 5.97 Å². The maximum absolute atomic E-state index is 12.5. The van der Waals surface area contributed by atoms with Crippen molar-refractivity contribution < 1.29 is 14.3 Å². The third-order valence-electron chi connectivity index (χ3n) is 4.74. The number of halogens is 1. The molecule has 6 nitrogen and oxygen atoms in total. The SMILES string of the molecule is Cc1nn(-c2ccccc2)c(Cl)c1C(=O)OCC(=O)N1CCCCCCC1. The number of esters is 1. The van der Waals surface area contributed by atoms with Crippen molar-refractivity contribution in [2.24, 2.45) is 0 Å². The molecular formula is C20H24ClN3O3. The number of carbonyl (C=O) groups excluding carboxylic acids is 2. The Morgan fingerprint density at radius 2 is 1.70 bits per heavy atom. The van der Waals surface area contributed by atoms with Gasteiger partial charge in [0.2, 0.25) is 0 Å². The van der Waals surface area contributed by atoms with E-state index >= 15 is 0 Å². The number of aromatic nitrogens is 2. The van der Waals surface area contributed by atoms with Gasteiger partial charge in [-0.25, -0.2) is 9.48 Å². The average Bonchev–Trinajstić information content (AvgIpc) is 2.94. The van der Waals surface area contributed by atoms with Gasteiger partial charge < -0.3 is 9.64 Å². The summed E-state index contributed by atoms with van der Waals surface area (Å²) in [6.07, 6.45) is 5.48. The van der Waals surface area contributed by atoms with E-state index in [4.69, 9.17) is 16.3 Å². The van der Waals surface area contributed by atoms with Gasteiger partial charge in [-0.1, -0.05) is 49.1 Å². The van der Waals surface area contributed by atoms with E-state index in [1.54, 1.807) is 11.8 Å². The maximum atomic E-state index is 12.5. The van der Waals surface area contributed by atoms with Crippen LogP contribution < -0.4 is 0 Å². The zero-order valence-electron chi connectivity index (χ0n) is 15.5. The molecule has 2 aromatic rings. The Balaban J connectivity index is 1.66. The van der Waals surface area contributed by atoms with Gasteiger partial charge in [-0.15, -0.1) is 0 Å². The van der Waals surface area contributed by atoms with E-state index in [-0.39, 0.29) is 23.2 Å². The van der Waals surface area contributed by atoms with Crippen LogP contribution in [0, 0.1) is 6.92 Å². The van der Waals surface area contributed by atoms with Gasteiger partial charge in [0.25, 0.3) is 5.91 Å². The van der Waals surface area contributed by atoms with Crippen LogP contribution in [0.2, 0.25) is 5.15 Å². The number of likely N-dealkylation sites (tertiary alicyclic amines) is 1. The Morgan fingerprint density at radius 1 is 1.07 bits per heavy atom. The summed E-state index contributed by atoms with van der Waals surface area (Å²) in [6, 6.07) is 9.31. The Kier molecular flexibility index (Phi) is 6.50. The summed E-state index contributed by atoms with van der Waals surface area (Å²) in [5, 5.41) is 4.51. The summed E-state index contributed by atoms with van der Waals surface area (Å²) in [5.74, 6) is -0.783. The fourth-order valence-corrected chi connectivity index (χ4v) is 3.61. The fraction of sp³-hybridized carbons (Fsp3) is 0.450. The van der Waals surface area contributed by atoms with E-state index < -0.39 is 5.97 Å². The molecule has 0 saturated carbocycles. The first-order valence-electron chi connectivity index (χ1n) is 9.33. The third kappa shape index (κ3) is 4.69. The normalized spacial score (nSPS) is 15.1. The lowest BCUT2D eigenvalue weighted by Crippen LogP contribution is -2.37. The number of aryl methyl sites for hydroxylation is 1. The highest BCUT2D eigenvalue weighted by atomic mass is 35.5. The Morgan fingerprint density at radius 3 is 2.37 bits per heavy atom. The molecule has 0 spiro atoms. The van der Waals surface area contributed by atoms with Crippen LogP contribution in [0.15, 0.2) is 30.3 Å². The lowest BCUT2D eigenvalue weighted by atomic mass is 10.1. The number of amides is 1. The minimum Gasteiger partial charge on any atom is -0.452 e. The van der Waals surface area contributed by atoms with Crippen LogP contribution in [0.1, 0.15) is 48.2 Å². The minimum atomic E-state index is -0.625. The number of rotatable bonds is 4. The van der Waals surface area contributed by atoms with E-state index in [0.29, 0.717) is 5.69 Å². The quantitative estimate of drug-likeness (QED) is 0.746. The van der Waals surface area contributed by atoms with Gasteiger partial charge in [-0.05, 0) is 31.9 Å². The van der Waals surface area contributed by atoms with Gasteiger partial charge in [-0.2, -0.15) is 5.10 Å². The predicted molar refractivity (Wildman–Crippen MR) is 103 cm³/mol. The van der Waals surface area contributed by atoms with E-state index in [9.17, 15) is 9.59 Å². The monoisotopic (exact) mass is 389 g/mol. The number of hydrogen-bond donors (Lipinski definition) is 0. The standard InChI is InChI=1S/C20H24ClN3O3/c1-15-18(19(21)24(22-15)16-10-6-5-7-11-16)20(26)27-14-17(25)23-12-8-3-2-4-9-13-23/h5-7,10-11H,2-4,8-9,12-14H2,1H3. The van der Waals surface area contributed by atoms with E-state index in [1.165, 1.54) is 11.1 Å². The molecule has 144 valence electrons. The van der Waals surface area contributed by atoms with Crippen LogP contribution in [-0.4, -0.2) is 46.3 Å². The molecule has 0 atom stereocenters. The Bertz CT molecular complexity index is 796. The summed E-state index contributed by atoms with van der Waals surface area (Å²) in [4.78, 5) is 26.7.